The Labute approximate surface area is 84.3 Å². The normalized spacial score (nSPS) is 39.4. The molecule has 2 N–H and O–H groups in total. The minimum Gasteiger partial charge on any atom is -0.393 e. The van der Waals surface area contributed by atoms with Crippen molar-refractivity contribution in [2.24, 2.45) is 0 Å². The van der Waals surface area contributed by atoms with E-state index in [1.54, 1.807) is 0 Å². The summed E-state index contributed by atoms with van der Waals surface area (Å²) in [4.78, 5) is 2.12. The van der Waals surface area contributed by atoms with Crippen LogP contribution in [-0.2, 0) is 0 Å². The fourth-order valence-corrected chi connectivity index (χ4v) is 2.43. The second-order valence-corrected chi connectivity index (χ2v) is 4.59. The largest absolute Gasteiger partial charge is 0.393 e. The van der Waals surface area contributed by atoms with Crippen molar-refractivity contribution >= 4 is 0 Å². The molecule has 2 aliphatic rings. The van der Waals surface area contributed by atoms with Gasteiger partial charge in [-0.15, -0.1) is 0 Å². The minimum absolute atomic E-state index is 0.332. The Hall–Kier alpha value is -0.190. The first kappa shape index (κ1) is 10.3. The predicted molar refractivity (Wildman–Crippen MR) is 53.0 cm³/mol. The number of nitrogens with one attached hydrogen (secondary N) is 1. The van der Waals surface area contributed by atoms with Gasteiger partial charge in [0.2, 0.25) is 0 Å². The lowest BCUT2D eigenvalue weighted by molar-refractivity contribution is 0.0768. The quantitative estimate of drug-likeness (QED) is 0.683. The van der Waals surface area contributed by atoms with E-state index in [2.05, 4.69) is 10.2 Å². The van der Waals surface area contributed by atoms with Crippen LogP contribution < -0.4 is 5.32 Å². The average molecular weight is 202 g/mol. The van der Waals surface area contributed by atoms with Crippen LogP contribution in [-0.4, -0.2) is 54.5 Å². The first-order valence-corrected chi connectivity index (χ1v) is 5.47. The number of nitrogens with zero attached hydrogens (tertiary/aromatic N) is 1. The van der Waals surface area contributed by atoms with Gasteiger partial charge in [-0.2, -0.15) is 0 Å². The van der Waals surface area contributed by atoms with Gasteiger partial charge in [0, 0.05) is 25.7 Å². The second-order valence-electron chi connectivity index (χ2n) is 4.59. The summed E-state index contributed by atoms with van der Waals surface area (Å²) in [5.41, 5.74) is -1.33. The highest BCUT2D eigenvalue weighted by Crippen LogP contribution is 2.25. The van der Waals surface area contributed by atoms with Crippen molar-refractivity contribution in [2.75, 3.05) is 32.8 Å². The summed E-state index contributed by atoms with van der Waals surface area (Å²) in [6.45, 7) is 2.89. The third-order valence-corrected chi connectivity index (χ3v) is 3.31. The number of halogens is 1. The highest BCUT2D eigenvalue weighted by molar-refractivity contribution is 4.92. The SMILES string of the molecule is OCC1(F)CCN(C[C@@H]2CCCN2)C1. The number of rotatable bonds is 3. The monoisotopic (exact) mass is 202 g/mol. The van der Waals surface area contributed by atoms with Crippen LogP contribution in [0.4, 0.5) is 4.39 Å². The molecule has 2 aliphatic heterocycles. The number of aliphatic hydroxyl groups is 1. The molecule has 82 valence electrons. The molecule has 0 aliphatic carbocycles. The van der Waals surface area contributed by atoms with Crippen LogP contribution >= 0.6 is 0 Å². The molecule has 2 saturated heterocycles. The molecule has 4 heteroatoms. The summed E-state index contributed by atoms with van der Waals surface area (Å²) >= 11 is 0. The summed E-state index contributed by atoms with van der Waals surface area (Å²) in [7, 11) is 0. The number of aliphatic hydroxyl groups excluding tert-OH is 1. The molecule has 0 spiro atoms. The van der Waals surface area contributed by atoms with Gasteiger partial charge in [-0.25, -0.2) is 4.39 Å². The van der Waals surface area contributed by atoms with Crippen molar-refractivity contribution in [3.63, 3.8) is 0 Å². The van der Waals surface area contributed by atoms with Crippen LogP contribution in [0.1, 0.15) is 19.3 Å². The van der Waals surface area contributed by atoms with Gasteiger partial charge in [-0.05, 0) is 25.8 Å². The fourth-order valence-electron chi connectivity index (χ4n) is 2.43. The Morgan fingerprint density at radius 2 is 2.43 bits per heavy atom. The van der Waals surface area contributed by atoms with Gasteiger partial charge >= 0.3 is 0 Å². The fraction of sp³-hybridized carbons (Fsp3) is 1.00. The van der Waals surface area contributed by atoms with Crippen molar-refractivity contribution in [3.8, 4) is 0 Å². The summed E-state index contributed by atoms with van der Waals surface area (Å²) in [6.07, 6.45) is 2.92. The minimum atomic E-state index is -1.33. The van der Waals surface area contributed by atoms with Crippen molar-refractivity contribution in [1.29, 1.82) is 0 Å². The van der Waals surface area contributed by atoms with Crippen LogP contribution in [0, 0.1) is 0 Å². The Morgan fingerprint density at radius 1 is 1.57 bits per heavy atom. The molecule has 3 nitrogen and oxygen atoms in total. The molecule has 2 atom stereocenters. The maximum atomic E-state index is 13.7. The highest BCUT2D eigenvalue weighted by atomic mass is 19.1. The summed E-state index contributed by atoms with van der Waals surface area (Å²) < 4.78 is 13.7. The Balaban J connectivity index is 1.78. The highest BCUT2D eigenvalue weighted by Gasteiger charge is 2.38. The van der Waals surface area contributed by atoms with Gasteiger partial charge in [0.1, 0.15) is 5.67 Å². The number of hydrogen-bond acceptors (Lipinski definition) is 3. The molecule has 0 amide bonds. The lowest BCUT2D eigenvalue weighted by atomic mass is 10.1. The van der Waals surface area contributed by atoms with Crippen molar-refractivity contribution in [2.45, 2.75) is 31.0 Å². The molecule has 0 saturated carbocycles. The van der Waals surface area contributed by atoms with E-state index in [4.69, 9.17) is 5.11 Å². The molecule has 14 heavy (non-hydrogen) atoms. The van der Waals surface area contributed by atoms with Gasteiger partial charge in [0.25, 0.3) is 0 Å². The van der Waals surface area contributed by atoms with E-state index in [1.807, 2.05) is 0 Å². The zero-order valence-corrected chi connectivity index (χ0v) is 8.51. The lowest BCUT2D eigenvalue weighted by Crippen LogP contribution is -2.39. The Kier molecular flexibility index (Phi) is 3.04. The topological polar surface area (TPSA) is 35.5 Å². The zero-order chi connectivity index (χ0) is 10.0. The van der Waals surface area contributed by atoms with E-state index in [9.17, 15) is 4.39 Å². The average Bonchev–Trinajstić information content (AvgIpc) is 2.78. The molecule has 0 bridgehead atoms. The van der Waals surface area contributed by atoms with E-state index in [1.165, 1.54) is 12.8 Å². The third kappa shape index (κ3) is 2.24. The summed E-state index contributed by atoms with van der Waals surface area (Å²) in [5, 5.41) is 12.3. The summed E-state index contributed by atoms with van der Waals surface area (Å²) in [5.74, 6) is 0. The molecule has 1 unspecified atom stereocenters. The van der Waals surface area contributed by atoms with Crippen LogP contribution in [0.2, 0.25) is 0 Å². The predicted octanol–water partition coefficient (Wildman–Crippen LogP) is 0.145. The van der Waals surface area contributed by atoms with Gasteiger partial charge < -0.3 is 10.4 Å². The smallest absolute Gasteiger partial charge is 0.147 e. The Bertz CT molecular complexity index is 197. The molecule has 2 heterocycles. The van der Waals surface area contributed by atoms with Crippen LogP contribution in [0.5, 0.6) is 0 Å². The first-order valence-electron chi connectivity index (χ1n) is 5.47. The zero-order valence-electron chi connectivity index (χ0n) is 8.51. The molecule has 0 aromatic heterocycles. The first-order chi connectivity index (χ1) is 6.72. The maximum absolute atomic E-state index is 13.7. The molecule has 0 radical (unpaired) electrons. The molecular formula is C10H19FN2O. The Morgan fingerprint density at radius 3 is 3.00 bits per heavy atom. The molecule has 2 fully saturated rings. The van der Waals surface area contributed by atoms with Crippen molar-refractivity contribution in [3.05, 3.63) is 0 Å². The lowest BCUT2D eigenvalue weighted by Gasteiger charge is -2.21. The van der Waals surface area contributed by atoms with E-state index in [0.29, 0.717) is 19.0 Å². The van der Waals surface area contributed by atoms with Crippen molar-refractivity contribution < 1.29 is 9.50 Å². The molecule has 2 rings (SSSR count). The van der Waals surface area contributed by atoms with Crippen LogP contribution in [0.15, 0.2) is 0 Å². The van der Waals surface area contributed by atoms with Crippen LogP contribution in [0.25, 0.3) is 0 Å². The van der Waals surface area contributed by atoms with Crippen LogP contribution in [0.3, 0.4) is 0 Å². The van der Waals surface area contributed by atoms with E-state index >= 15 is 0 Å². The number of hydrogen-bond donors (Lipinski definition) is 2. The van der Waals surface area contributed by atoms with Gasteiger partial charge in [0.05, 0.1) is 6.61 Å². The molecule has 0 aromatic carbocycles. The molecular weight excluding hydrogens is 183 g/mol. The summed E-state index contributed by atoms with van der Waals surface area (Å²) in [6, 6.07) is 0.538. The van der Waals surface area contributed by atoms with Gasteiger partial charge in [0.15, 0.2) is 0 Å². The van der Waals surface area contributed by atoms with E-state index in [0.717, 1.165) is 19.6 Å². The van der Waals surface area contributed by atoms with Crippen molar-refractivity contribution in [1.82, 2.24) is 10.2 Å². The standard InChI is InChI=1S/C10H19FN2O/c11-10(8-14)3-5-13(7-10)6-9-2-1-4-12-9/h9,12,14H,1-8H2/t9-,10?/m0/s1. The van der Waals surface area contributed by atoms with Gasteiger partial charge in [-0.3, -0.25) is 4.90 Å². The number of alkyl halides is 1. The van der Waals surface area contributed by atoms with E-state index < -0.39 is 5.67 Å². The second kappa shape index (κ2) is 4.13. The van der Waals surface area contributed by atoms with Gasteiger partial charge in [-0.1, -0.05) is 0 Å². The van der Waals surface area contributed by atoms with E-state index in [-0.39, 0.29) is 6.61 Å². The number of likely N-dealkylation sites (tertiary alicyclic amines) is 1. The third-order valence-electron chi connectivity index (χ3n) is 3.31. The maximum Gasteiger partial charge on any atom is 0.147 e. The molecule has 0 aromatic rings.